The minimum absolute atomic E-state index is 0. The van der Waals surface area contributed by atoms with Crippen molar-refractivity contribution in [3.05, 3.63) is 35.9 Å². The van der Waals surface area contributed by atoms with Crippen LogP contribution in [0, 0.1) is 11.3 Å². The van der Waals surface area contributed by atoms with Crippen molar-refractivity contribution in [2.75, 3.05) is 26.2 Å². The predicted molar refractivity (Wildman–Crippen MR) is 106 cm³/mol. The van der Waals surface area contributed by atoms with Crippen LogP contribution >= 0.6 is 12.4 Å². The molecule has 6 heteroatoms. The fraction of sp³-hybridized carbons (Fsp3) is 0.600. The lowest BCUT2D eigenvalue weighted by Gasteiger charge is -2.41. The normalized spacial score (nSPS) is 28.8. The second-order valence-electron chi connectivity index (χ2n) is 7.81. The summed E-state index contributed by atoms with van der Waals surface area (Å²) in [6.45, 7) is 7.24. The molecule has 2 amide bonds. The number of halogens is 1. The number of likely N-dealkylation sites (tertiary alicyclic amines) is 1. The number of amides is 2. The number of nitrogens with one attached hydrogen (secondary N) is 2. The van der Waals surface area contributed by atoms with Crippen molar-refractivity contribution in [3.8, 4) is 0 Å². The largest absolute Gasteiger partial charge is 0.351 e. The monoisotopic (exact) mass is 379 g/mol. The molecular weight excluding hydrogens is 350 g/mol. The van der Waals surface area contributed by atoms with E-state index < -0.39 is 5.41 Å². The van der Waals surface area contributed by atoms with Gasteiger partial charge in [0.2, 0.25) is 5.91 Å². The van der Waals surface area contributed by atoms with Crippen LogP contribution in [0.25, 0.3) is 0 Å². The van der Waals surface area contributed by atoms with E-state index in [1.165, 1.54) is 0 Å². The molecule has 3 atom stereocenters. The van der Waals surface area contributed by atoms with Gasteiger partial charge in [0.05, 0.1) is 5.41 Å². The summed E-state index contributed by atoms with van der Waals surface area (Å²) < 4.78 is 0. The zero-order valence-electron chi connectivity index (χ0n) is 15.7. The highest BCUT2D eigenvalue weighted by atomic mass is 35.5. The molecule has 2 fully saturated rings. The standard InChI is InChI=1S/C20H29N3O2.ClH/c1-15-9-11-21-13-17(15)22-19(25)20(2)10-6-12-23(14-20)18(24)16-7-4-3-5-8-16;/h3-5,7-8,15,17,21H,6,9-14H2,1-2H3,(H,22,25);1H. The van der Waals surface area contributed by atoms with E-state index in [9.17, 15) is 9.59 Å². The molecule has 1 aromatic carbocycles. The number of carbonyl (C=O) groups excluding carboxylic acids is 2. The van der Waals surface area contributed by atoms with Crippen molar-refractivity contribution in [1.82, 2.24) is 15.5 Å². The minimum Gasteiger partial charge on any atom is -0.351 e. The van der Waals surface area contributed by atoms with Gasteiger partial charge in [0.25, 0.3) is 5.91 Å². The van der Waals surface area contributed by atoms with E-state index in [4.69, 9.17) is 0 Å². The summed E-state index contributed by atoms with van der Waals surface area (Å²) >= 11 is 0. The van der Waals surface area contributed by atoms with E-state index in [1.807, 2.05) is 42.2 Å². The molecule has 0 radical (unpaired) electrons. The minimum atomic E-state index is -0.514. The predicted octanol–water partition coefficient (Wildman–Crippen LogP) is 2.46. The van der Waals surface area contributed by atoms with Crippen LogP contribution in [0.4, 0.5) is 0 Å². The molecule has 0 spiro atoms. The summed E-state index contributed by atoms with van der Waals surface area (Å²) in [4.78, 5) is 27.5. The third-order valence-electron chi connectivity index (χ3n) is 5.70. The van der Waals surface area contributed by atoms with Gasteiger partial charge in [-0.2, -0.15) is 0 Å². The molecule has 0 aliphatic carbocycles. The van der Waals surface area contributed by atoms with Crippen molar-refractivity contribution >= 4 is 24.2 Å². The smallest absolute Gasteiger partial charge is 0.253 e. The van der Waals surface area contributed by atoms with Gasteiger partial charge in [-0.15, -0.1) is 12.4 Å². The highest BCUT2D eigenvalue weighted by Crippen LogP contribution is 2.31. The summed E-state index contributed by atoms with van der Waals surface area (Å²) in [6, 6.07) is 9.51. The summed E-state index contributed by atoms with van der Waals surface area (Å²) in [5.41, 5.74) is 0.178. The van der Waals surface area contributed by atoms with Crippen LogP contribution in [0.5, 0.6) is 0 Å². The Kier molecular flexibility index (Phi) is 7.07. The third kappa shape index (κ3) is 4.57. The van der Waals surface area contributed by atoms with Gasteiger partial charge in [-0.05, 0) is 50.8 Å². The molecule has 0 aromatic heterocycles. The number of hydrogen-bond acceptors (Lipinski definition) is 3. The third-order valence-corrected chi connectivity index (χ3v) is 5.70. The molecule has 2 saturated heterocycles. The lowest BCUT2D eigenvalue weighted by molar-refractivity contribution is -0.133. The Bertz CT molecular complexity index is 625. The second-order valence-corrected chi connectivity index (χ2v) is 7.81. The Hall–Kier alpha value is -1.59. The van der Waals surface area contributed by atoms with Crippen molar-refractivity contribution < 1.29 is 9.59 Å². The zero-order chi connectivity index (χ0) is 17.9. The first-order valence-electron chi connectivity index (χ1n) is 9.36. The molecule has 1 aromatic rings. The molecule has 2 aliphatic heterocycles. The second kappa shape index (κ2) is 8.87. The number of nitrogens with zero attached hydrogens (tertiary/aromatic N) is 1. The number of carbonyl (C=O) groups is 2. The van der Waals surface area contributed by atoms with Crippen LogP contribution in [-0.4, -0.2) is 48.9 Å². The number of benzene rings is 1. The average molecular weight is 380 g/mol. The highest BCUT2D eigenvalue weighted by molar-refractivity contribution is 5.95. The number of piperidine rings is 2. The summed E-state index contributed by atoms with van der Waals surface area (Å²) in [5.74, 6) is 0.588. The van der Waals surface area contributed by atoms with Gasteiger partial charge in [0.1, 0.15) is 0 Å². The quantitative estimate of drug-likeness (QED) is 0.848. The van der Waals surface area contributed by atoms with E-state index in [-0.39, 0.29) is 30.3 Å². The zero-order valence-corrected chi connectivity index (χ0v) is 16.5. The first-order valence-corrected chi connectivity index (χ1v) is 9.36. The Morgan fingerprint density at radius 1 is 1.27 bits per heavy atom. The molecular formula is C20H30ClN3O2. The lowest BCUT2D eigenvalue weighted by Crippen LogP contribution is -2.57. The highest BCUT2D eigenvalue weighted by Gasteiger charge is 2.40. The summed E-state index contributed by atoms with van der Waals surface area (Å²) in [7, 11) is 0. The summed E-state index contributed by atoms with van der Waals surface area (Å²) in [6.07, 6.45) is 2.77. The molecule has 0 bridgehead atoms. The van der Waals surface area contributed by atoms with Crippen LogP contribution in [0.1, 0.15) is 43.5 Å². The first-order chi connectivity index (χ1) is 12.0. The van der Waals surface area contributed by atoms with Crippen LogP contribution in [0.2, 0.25) is 0 Å². The SMILES string of the molecule is CC1CCNCC1NC(=O)C1(C)CCCN(C(=O)c2ccccc2)C1.Cl. The molecule has 2 N–H and O–H groups in total. The molecule has 26 heavy (non-hydrogen) atoms. The van der Waals surface area contributed by atoms with Crippen molar-refractivity contribution in [1.29, 1.82) is 0 Å². The molecule has 2 heterocycles. The van der Waals surface area contributed by atoms with Gasteiger partial charge >= 0.3 is 0 Å². The number of hydrogen-bond donors (Lipinski definition) is 2. The fourth-order valence-electron chi connectivity index (χ4n) is 3.89. The Morgan fingerprint density at radius 2 is 2.00 bits per heavy atom. The van der Waals surface area contributed by atoms with Gasteiger partial charge in [0.15, 0.2) is 0 Å². The van der Waals surface area contributed by atoms with Gasteiger partial charge in [-0.3, -0.25) is 9.59 Å². The van der Waals surface area contributed by atoms with Crippen LogP contribution in [-0.2, 0) is 4.79 Å². The van der Waals surface area contributed by atoms with Crippen LogP contribution in [0.3, 0.4) is 0 Å². The van der Waals surface area contributed by atoms with Crippen LogP contribution in [0.15, 0.2) is 30.3 Å². The Balaban J connectivity index is 0.00000243. The van der Waals surface area contributed by atoms with E-state index in [0.717, 1.165) is 38.9 Å². The van der Waals surface area contributed by atoms with Gasteiger partial charge < -0.3 is 15.5 Å². The van der Waals surface area contributed by atoms with Gasteiger partial charge in [-0.25, -0.2) is 0 Å². The molecule has 3 unspecified atom stereocenters. The molecule has 2 aliphatic rings. The first kappa shape index (κ1) is 20.7. The van der Waals surface area contributed by atoms with Crippen molar-refractivity contribution in [2.24, 2.45) is 11.3 Å². The van der Waals surface area contributed by atoms with Gasteiger partial charge in [-0.1, -0.05) is 25.1 Å². The van der Waals surface area contributed by atoms with Gasteiger partial charge in [0, 0.05) is 31.2 Å². The topological polar surface area (TPSA) is 61.4 Å². The Morgan fingerprint density at radius 3 is 2.69 bits per heavy atom. The fourth-order valence-corrected chi connectivity index (χ4v) is 3.89. The molecule has 0 saturated carbocycles. The Labute approximate surface area is 162 Å². The maximum Gasteiger partial charge on any atom is 0.253 e. The van der Waals surface area contributed by atoms with E-state index in [2.05, 4.69) is 17.6 Å². The molecule has 144 valence electrons. The van der Waals surface area contributed by atoms with Crippen molar-refractivity contribution in [3.63, 3.8) is 0 Å². The van der Waals surface area contributed by atoms with E-state index >= 15 is 0 Å². The molecule has 5 nitrogen and oxygen atoms in total. The average Bonchev–Trinajstić information content (AvgIpc) is 2.63. The maximum atomic E-state index is 13.0. The summed E-state index contributed by atoms with van der Waals surface area (Å²) in [5, 5.41) is 6.59. The molecule has 3 rings (SSSR count). The van der Waals surface area contributed by atoms with E-state index in [0.29, 0.717) is 18.0 Å². The van der Waals surface area contributed by atoms with Crippen molar-refractivity contribution in [2.45, 2.75) is 39.2 Å². The maximum absolute atomic E-state index is 13.0. The van der Waals surface area contributed by atoms with E-state index in [1.54, 1.807) is 0 Å². The lowest BCUT2D eigenvalue weighted by atomic mass is 9.80. The number of rotatable bonds is 3. The van der Waals surface area contributed by atoms with Crippen LogP contribution < -0.4 is 10.6 Å².